The number of halogens is 3. The molecule has 0 atom stereocenters. The Labute approximate surface area is 119 Å². The van der Waals surface area contributed by atoms with Crippen LogP contribution < -0.4 is 4.74 Å². The van der Waals surface area contributed by atoms with Crippen molar-refractivity contribution >= 4 is 33.2 Å². The highest BCUT2D eigenvalue weighted by Crippen LogP contribution is 2.36. The van der Waals surface area contributed by atoms with Crippen LogP contribution in [0.4, 0.5) is 10.1 Å². The number of hydrogen-bond donors (Lipinski definition) is 0. The van der Waals surface area contributed by atoms with Gasteiger partial charge in [-0.15, -0.1) is 0 Å². The van der Waals surface area contributed by atoms with Gasteiger partial charge in [0.25, 0.3) is 0 Å². The van der Waals surface area contributed by atoms with Gasteiger partial charge >= 0.3 is 11.6 Å². The van der Waals surface area contributed by atoms with E-state index in [1.54, 1.807) is 0 Å². The van der Waals surface area contributed by atoms with Crippen molar-refractivity contribution in [2.24, 2.45) is 0 Å². The van der Waals surface area contributed by atoms with Gasteiger partial charge in [0.1, 0.15) is 17.9 Å². The summed E-state index contributed by atoms with van der Waals surface area (Å²) in [5.41, 5.74) is -0.555. The van der Waals surface area contributed by atoms with Gasteiger partial charge in [-0.1, -0.05) is 11.6 Å². The quantitative estimate of drug-likeness (QED) is 0.480. The van der Waals surface area contributed by atoms with Crippen molar-refractivity contribution in [1.82, 2.24) is 9.97 Å². The molecule has 0 aliphatic carbocycles. The Morgan fingerprint density at radius 2 is 2.16 bits per heavy atom. The van der Waals surface area contributed by atoms with Gasteiger partial charge in [0.05, 0.1) is 9.40 Å². The Balaban J connectivity index is 2.44. The van der Waals surface area contributed by atoms with Crippen LogP contribution in [0.1, 0.15) is 0 Å². The second-order valence-corrected chi connectivity index (χ2v) is 4.46. The lowest BCUT2D eigenvalue weighted by Gasteiger charge is -2.07. The summed E-state index contributed by atoms with van der Waals surface area (Å²) in [5.74, 6) is -0.633. The summed E-state index contributed by atoms with van der Waals surface area (Å²) in [7, 11) is 0. The molecular weight excluding hydrogens is 344 g/mol. The van der Waals surface area contributed by atoms with Crippen LogP contribution in [0.5, 0.6) is 11.6 Å². The van der Waals surface area contributed by atoms with Crippen molar-refractivity contribution in [3.8, 4) is 11.6 Å². The fourth-order valence-corrected chi connectivity index (χ4v) is 1.86. The minimum Gasteiger partial charge on any atom is -0.432 e. The largest absolute Gasteiger partial charge is 0.432 e. The number of ether oxygens (including phenoxy) is 1. The lowest BCUT2D eigenvalue weighted by molar-refractivity contribution is -0.386. The summed E-state index contributed by atoms with van der Waals surface area (Å²) in [4.78, 5) is 17.3. The minimum absolute atomic E-state index is 0.166. The summed E-state index contributed by atoms with van der Waals surface area (Å²) in [6, 6.07) is 3.61. The van der Waals surface area contributed by atoms with E-state index in [4.69, 9.17) is 16.3 Å². The van der Waals surface area contributed by atoms with E-state index in [1.807, 2.05) is 0 Å². The minimum atomic E-state index is -0.755. The van der Waals surface area contributed by atoms with Gasteiger partial charge in [0, 0.05) is 0 Å². The van der Waals surface area contributed by atoms with Crippen molar-refractivity contribution in [2.45, 2.75) is 0 Å². The molecule has 19 heavy (non-hydrogen) atoms. The molecule has 0 aliphatic heterocycles. The molecule has 1 aromatic heterocycles. The SMILES string of the molecule is O=[N+]([O-])c1c(Cl)ncnc1Oc1ccc(F)cc1Br. The molecule has 9 heteroatoms. The van der Waals surface area contributed by atoms with E-state index < -0.39 is 16.4 Å². The second kappa shape index (κ2) is 5.45. The maximum absolute atomic E-state index is 12.9. The first-order valence-electron chi connectivity index (χ1n) is 4.77. The van der Waals surface area contributed by atoms with E-state index in [9.17, 15) is 14.5 Å². The standard InChI is InChI=1S/C10H4BrClFN3O3/c11-6-3-5(13)1-2-7(6)19-10-8(16(17)18)9(12)14-4-15-10/h1-4H. The van der Waals surface area contributed by atoms with Crippen LogP contribution in [0.2, 0.25) is 5.15 Å². The second-order valence-electron chi connectivity index (χ2n) is 3.25. The predicted octanol–water partition coefficient (Wildman–Crippen LogP) is 3.73. The molecular formula is C10H4BrClFN3O3. The summed E-state index contributed by atoms with van der Waals surface area (Å²) in [6.45, 7) is 0. The fourth-order valence-electron chi connectivity index (χ4n) is 1.23. The molecule has 6 nitrogen and oxygen atoms in total. The van der Waals surface area contributed by atoms with Gasteiger partial charge in [-0.2, -0.15) is 4.98 Å². The maximum atomic E-state index is 12.9. The topological polar surface area (TPSA) is 78.2 Å². The van der Waals surface area contributed by atoms with E-state index in [2.05, 4.69) is 25.9 Å². The molecule has 0 amide bonds. The van der Waals surface area contributed by atoms with Crippen LogP contribution in [0.25, 0.3) is 0 Å². The van der Waals surface area contributed by atoms with E-state index in [1.165, 1.54) is 6.07 Å². The van der Waals surface area contributed by atoms with Crippen molar-refractivity contribution in [2.75, 3.05) is 0 Å². The maximum Gasteiger partial charge on any atom is 0.368 e. The van der Waals surface area contributed by atoms with Crippen molar-refractivity contribution in [3.63, 3.8) is 0 Å². The average molecular weight is 349 g/mol. The number of rotatable bonds is 3. The Hall–Kier alpha value is -1.80. The smallest absolute Gasteiger partial charge is 0.368 e. The van der Waals surface area contributed by atoms with Gasteiger partial charge in [-0.05, 0) is 34.1 Å². The van der Waals surface area contributed by atoms with Crippen molar-refractivity contribution < 1.29 is 14.1 Å². The molecule has 0 fully saturated rings. The lowest BCUT2D eigenvalue weighted by Crippen LogP contribution is -1.98. The number of aromatic nitrogens is 2. The summed E-state index contributed by atoms with van der Waals surface area (Å²) >= 11 is 8.68. The molecule has 0 aliphatic rings. The fraction of sp³-hybridized carbons (Fsp3) is 0. The first-order chi connectivity index (χ1) is 8.99. The zero-order valence-electron chi connectivity index (χ0n) is 9.01. The van der Waals surface area contributed by atoms with Gasteiger partial charge in [0.15, 0.2) is 0 Å². The molecule has 1 aromatic carbocycles. The Kier molecular flexibility index (Phi) is 3.91. The van der Waals surface area contributed by atoms with E-state index in [-0.39, 0.29) is 21.3 Å². The molecule has 0 saturated heterocycles. The average Bonchev–Trinajstić information content (AvgIpc) is 2.32. The van der Waals surface area contributed by atoms with Crippen LogP contribution in [0, 0.1) is 15.9 Å². The van der Waals surface area contributed by atoms with E-state index in [0.717, 1.165) is 18.5 Å². The van der Waals surface area contributed by atoms with Crippen molar-refractivity contribution in [1.29, 1.82) is 0 Å². The van der Waals surface area contributed by atoms with Gasteiger partial charge in [0.2, 0.25) is 5.15 Å². The van der Waals surface area contributed by atoms with Crippen LogP contribution in [-0.2, 0) is 0 Å². The Morgan fingerprint density at radius 1 is 1.42 bits per heavy atom. The Bertz CT molecular complexity index is 656. The molecule has 0 bridgehead atoms. The molecule has 0 N–H and O–H groups in total. The highest BCUT2D eigenvalue weighted by Gasteiger charge is 2.24. The van der Waals surface area contributed by atoms with Crippen molar-refractivity contribution in [3.05, 3.63) is 50.1 Å². The van der Waals surface area contributed by atoms with Gasteiger partial charge in [-0.25, -0.2) is 9.37 Å². The molecule has 1 heterocycles. The molecule has 2 rings (SSSR count). The van der Waals surface area contributed by atoms with E-state index >= 15 is 0 Å². The van der Waals surface area contributed by atoms with Crippen LogP contribution in [0.15, 0.2) is 29.0 Å². The van der Waals surface area contributed by atoms with Gasteiger partial charge < -0.3 is 4.74 Å². The lowest BCUT2D eigenvalue weighted by atomic mass is 10.3. The first kappa shape index (κ1) is 13.6. The molecule has 0 radical (unpaired) electrons. The number of nitrogens with zero attached hydrogens (tertiary/aromatic N) is 3. The third-order valence-electron chi connectivity index (χ3n) is 2.03. The number of hydrogen-bond acceptors (Lipinski definition) is 5. The summed E-state index contributed by atoms with van der Waals surface area (Å²) < 4.78 is 18.5. The zero-order chi connectivity index (χ0) is 14.0. The number of nitro groups is 1. The van der Waals surface area contributed by atoms with E-state index in [0.29, 0.717) is 0 Å². The predicted molar refractivity (Wildman–Crippen MR) is 67.9 cm³/mol. The summed E-state index contributed by atoms with van der Waals surface area (Å²) in [5, 5.41) is 10.5. The monoisotopic (exact) mass is 347 g/mol. The molecule has 2 aromatic rings. The molecule has 0 saturated carbocycles. The zero-order valence-corrected chi connectivity index (χ0v) is 11.4. The van der Waals surface area contributed by atoms with Crippen LogP contribution in [-0.4, -0.2) is 14.9 Å². The highest BCUT2D eigenvalue weighted by atomic mass is 79.9. The van der Waals surface area contributed by atoms with Crippen LogP contribution in [0.3, 0.4) is 0 Å². The normalized spacial score (nSPS) is 10.3. The Morgan fingerprint density at radius 3 is 2.79 bits per heavy atom. The first-order valence-corrected chi connectivity index (χ1v) is 5.94. The van der Waals surface area contributed by atoms with Crippen LogP contribution >= 0.6 is 27.5 Å². The summed E-state index contributed by atoms with van der Waals surface area (Å²) in [6.07, 6.45) is 1.03. The molecule has 98 valence electrons. The third-order valence-corrected chi connectivity index (χ3v) is 2.92. The molecule has 0 unspecified atom stereocenters. The van der Waals surface area contributed by atoms with Gasteiger partial charge in [-0.3, -0.25) is 10.1 Å². The molecule has 0 spiro atoms. The number of benzene rings is 1. The highest BCUT2D eigenvalue weighted by molar-refractivity contribution is 9.10. The third kappa shape index (κ3) is 2.96.